The lowest BCUT2D eigenvalue weighted by atomic mass is 10.2. The van der Waals surface area contributed by atoms with Crippen molar-refractivity contribution in [3.63, 3.8) is 0 Å². The van der Waals surface area contributed by atoms with E-state index in [2.05, 4.69) is 31.0 Å². The number of hydrogen-bond acceptors (Lipinski definition) is 2. The van der Waals surface area contributed by atoms with Crippen molar-refractivity contribution in [2.45, 2.75) is 33.1 Å². The number of carbonyl (C=O) groups excluding carboxylic acids is 1. The van der Waals surface area contributed by atoms with Crippen LogP contribution in [0.3, 0.4) is 0 Å². The highest BCUT2D eigenvalue weighted by Gasteiger charge is 1.97. The summed E-state index contributed by atoms with van der Waals surface area (Å²) in [6.45, 7) is 7.71. The molecule has 0 radical (unpaired) electrons. The molecule has 3 heteroatoms. The standard InChI is InChI=1S/C13H21NO2/c1-4-5-6-7-8-9-10-11-14-13(15)16-12(2)3/h5-6,9-10H,2,4,7-8,11H2,1,3H3,(H,14,15)/b6-5-,10-9+. The minimum absolute atomic E-state index is 0.395. The summed E-state index contributed by atoms with van der Waals surface area (Å²) in [5.74, 6) is 0.395. The second kappa shape index (κ2) is 10.0. The van der Waals surface area contributed by atoms with Gasteiger partial charge in [-0.15, -0.1) is 0 Å². The van der Waals surface area contributed by atoms with E-state index in [-0.39, 0.29) is 0 Å². The molecule has 0 aromatic rings. The van der Waals surface area contributed by atoms with Crippen LogP contribution >= 0.6 is 0 Å². The summed E-state index contributed by atoms with van der Waals surface area (Å²) in [5.41, 5.74) is 0. The SMILES string of the molecule is C=C(C)OC(=O)NC/C=C/CC/C=C\CC. The number of rotatable bonds is 7. The van der Waals surface area contributed by atoms with Crippen molar-refractivity contribution >= 4 is 6.09 Å². The number of alkyl carbamates (subject to hydrolysis) is 1. The topological polar surface area (TPSA) is 38.3 Å². The third-order valence-electron chi connectivity index (χ3n) is 1.70. The van der Waals surface area contributed by atoms with Crippen molar-refractivity contribution in [2.24, 2.45) is 0 Å². The Balaban J connectivity index is 3.43. The van der Waals surface area contributed by atoms with Crippen LogP contribution in [0.15, 0.2) is 36.6 Å². The number of amides is 1. The van der Waals surface area contributed by atoms with Crippen LogP contribution in [0.25, 0.3) is 0 Å². The molecule has 0 heterocycles. The number of carbonyl (C=O) groups is 1. The highest BCUT2D eigenvalue weighted by Crippen LogP contribution is 1.94. The van der Waals surface area contributed by atoms with Crippen molar-refractivity contribution < 1.29 is 9.53 Å². The van der Waals surface area contributed by atoms with E-state index >= 15 is 0 Å². The van der Waals surface area contributed by atoms with Crippen LogP contribution in [0, 0.1) is 0 Å². The Morgan fingerprint density at radius 3 is 2.44 bits per heavy atom. The largest absolute Gasteiger partial charge is 0.416 e. The molecule has 16 heavy (non-hydrogen) atoms. The quantitative estimate of drug-likeness (QED) is 0.407. The van der Waals surface area contributed by atoms with Crippen LogP contribution in [-0.2, 0) is 4.74 Å². The molecule has 0 rings (SSSR count). The smallest absolute Gasteiger partial charge is 0.412 e. The van der Waals surface area contributed by atoms with E-state index in [1.165, 1.54) is 0 Å². The van der Waals surface area contributed by atoms with E-state index in [9.17, 15) is 4.79 Å². The summed E-state index contributed by atoms with van der Waals surface area (Å²) in [7, 11) is 0. The summed E-state index contributed by atoms with van der Waals surface area (Å²) >= 11 is 0. The van der Waals surface area contributed by atoms with E-state index in [4.69, 9.17) is 4.74 Å². The van der Waals surface area contributed by atoms with E-state index in [0.717, 1.165) is 19.3 Å². The van der Waals surface area contributed by atoms with Crippen LogP contribution in [0.2, 0.25) is 0 Å². The zero-order valence-corrected chi connectivity index (χ0v) is 10.2. The van der Waals surface area contributed by atoms with Crippen molar-refractivity contribution in [1.29, 1.82) is 0 Å². The molecule has 0 saturated carbocycles. The molecular weight excluding hydrogens is 202 g/mol. The van der Waals surface area contributed by atoms with E-state index in [1.54, 1.807) is 6.92 Å². The van der Waals surface area contributed by atoms with Gasteiger partial charge in [0, 0.05) is 6.54 Å². The van der Waals surface area contributed by atoms with Gasteiger partial charge in [0.1, 0.15) is 0 Å². The summed E-state index contributed by atoms with van der Waals surface area (Å²) in [6, 6.07) is 0. The number of allylic oxidation sites excluding steroid dienone is 4. The Morgan fingerprint density at radius 2 is 1.88 bits per heavy atom. The molecule has 0 aromatic carbocycles. The molecule has 0 fully saturated rings. The molecule has 1 amide bonds. The predicted octanol–water partition coefficient (Wildman–Crippen LogP) is 3.55. The Morgan fingerprint density at radius 1 is 1.25 bits per heavy atom. The van der Waals surface area contributed by atoms with Gasteiger partial charge in [0.25, 0.3) is 0 Å². The lowest BCUT2D eigenvalue weighted by Crippen LogP contribution is -2.23. The third kappa shape index (κ3) is 10.6. The van der Waals surface area contributed by atoms with Gasteiger partial charge in [-0.3, -0.25) is 0 Å². The zero-order valence-electron chi connectivity index (χ0n) is 10.2. The number of ether oxygens (including phenoxy) is 1. The summed E-state index contributed by atoms with van der Waals surface area (Å²) in [5, 5.41) is 2.59. The molecule has 0 bridgehead atoms. The van der Waals surface area contributed by atoms with Crippen molar-refractivity contribution in [3.05, 3.63) is 36.6 Å². The molecule has 0 unspecified atom stereocenters. The Labute approximate surface area is 97.9 Å². The maximum absolute atomic E-state index is 11.0. The minimum Gasteiger partial charge on any atom is -0.416 e. The van der Waals surface area contributed by atoms with Gasteiger partial charge in [-0.1, -0.05) is 37.8 Å². The van der Waals surface area contributed by atoms with Crippen molar-refractivity contribution in [3.8, 4) is 0 Å². The molecule has 3 nitrogen and oxygen atoms in total. The van der Waals surface area contributed by atoms with Gasteiger partial charge < -0.3 is 10.1 Å². The molecule has 0 spiro atoms. The predicted molar refractivity (Wildman–Crippen MR) is 67.1 cm³/mol. The van der Waals surface area contributed by atoms with E-state index in [0.29, 0.717) is 12.3 Å². The minimum atomic E-state index is -0.456. The first kappa shape index (κ1) is 14.5. The lowest BCUT2D eigenvalue weighted by Gasteiger charge is -2.02. The van der Waals surface area contributed by atoms with E-state index < -0.39 is 6.09 Å². The first-order valence-electron chi connectivity index (χ1n) is 5.58. The van der Waals surface area contributed by atoms with Crippen LogP contribution in [0.4, 0.5) is 4.79 Å². The average molecular weight is 223 g/mol. The Kier molecular flexibility index (Phi) is 9.08. The molecule has 0 saturated heterocycles. The average Bonchev–Trinajstić information content (AvgIpc) is 2.21. The molecule has 90 valence electrons. The highest BCUT2D eigenvalue weighted by atomic mass is 16.6. The maximum atomic E-state index is 11.0. The van der Waals surface area contributed by atoms with E-state index in [1.807, 2.05) is 12.2 Å². The fraction of sp³-hybridized carbons (Fsp3) is 0.462. The van der Waals surface area contributed by atoms with Crippen LogP contribution in [0.5, 0.6) is 0 Å². The maximum Gasteiger partial charge on any atom is 0.412 e. The third-order valence-corrected chi connectivity index (χ3v) is 1.70. The van der Waals surface area contributed by atoms with Gasteiger partial charge in [0.05, 0.1) is 5.76 Å². The van der Waals surface area contributed by atoms with Gasteiger partial charge in [-0.2, -0.15) is 0 Å². The summed E-state index contributed by atoms with van der Waals surface area (Å²) in [6.07, 6.45) is 10.9. The van der Waals surface area contributed by atoms with Gasteiger partial charge >= 0.3 is 6.09 Å². The molecule has 0 atom stereocenters. The summed E-state index contributed by atoms with van der Waals surface area (Å²) < 4.78 is 4.72. The molecule has 0 aliphatic carbocycles. The van der Waals surface area contributed by atoms with Crippen molar-refractivity contribution in [1.82, 2.24) is 5.32 Å². The molecule has 0 aromatic heterocycles. The van der Waals surface area contributed by atoms with Crippen LogP contribution in [-0.4, -0.2) is 12.6 Å². The fourth-order valence-corrected chi connectivity index (χ4v) is 1.01. The van der Waals surface area contributed by atoms with Crippen LogP contribution < -0.4 is 5.32 Å². The lowest BCUT2D eigenvalue weighted by molar-refractivity contribution is 0.178. The van der Waals surface area contributed by atoms with Crippen LogP contribution in [0.1, 0.15) is 33.1 Å². The normalized spacial score (nSPS) is 10.9. The van der Waals surface area contributed by atoms with Gasteiger partial charge in [0.2, 0.25) is 0 Å². The second-order valence-corrected chi connectivity index (χ2v) is 3.40. The van der Waals surface area contributed by atoms with Crippen molar-refractivity contribution in [2.75, 3.05) is 6.54 Å². The first-order chi connectivity index (χ1) is 7.66. The van der Waals surface area contributed by atoms with Gasteiger partial charge in [0.15, 0.2) is 0 Å². The Bertz CT molecular complexity index is 267. The second-order valence-electron chi connectivity index (χ2n) is 3.40. The van der Waals surface area contributed by atoms with Gasteiger partial charge in [-0.25, -0.2) is 4.79 Å². The monoisotopic (exact) mass is 223 g/mol. The van der Waals surface area contributed by atoms with Gasteiger partial charge in [-0.05, 0) is 26.2 Å². The first-order valence-corrected chi connectivity index (χ1v) is 5.58. The number of nitrogens with one attached hydrogen (secondary N) is 1. The number of unbranched alkanes of at least 4 members (excludes halogenated alkanes) is 1. The molecule has 1 N–H and O–H groups in total. The summed E-state index contributed by atoms with van der Waals surface area (Å²) in [4.78, 5) is 11.0. The molecule has 0 aliphatic rings. The molecule has 0 aliphatic heterocycles. The highest BCUT2D eigenvalue weighted by molar-refractivity contribution is 5.68. The number of hydrogen-bond donors (Lipinski definition) is 1. The molecular formula is C13H21NO2. The fourth-order valence-electron chi connectivity index (χ4n) is 1.01. The Hall–Kier alpha value is -1.51. The zero-order chi connectivity index (χ0) is 12.2.